The molecule has 2 rings (SSSR count). The molecule has 2 fully saturated rings. The van der Waals surface area contributed by atoms with Gasteiger partial charge in [-0.05, 0) is 32.1 Å². The predicted octanol–water partition coefficient (Wildman–Crippen LogP) is 3.48. The summed E-state index contributed by atoms with van der Waals surface area (Å²) in [6, 6.07) is -0.665. The van der Waals surface area contributed by atoms with Crippen LogP contribution < -0.4 is 0 Å². The van der Waals surface area contributed by atoms with Crippen molar-refractivity contribution in [3.63, 3.8) is 0 Å². The molecule has 0 saturated carbocycles. The van der Waals surface area contributed by atoms with E-state index in [9.17, 15) is 18.0 Å². The van der Waals surface area contributed by atoms with Gasteiger partial charge in [-0.1, -0.05) is 45.1 Å². The second-order valence-electron chi connectivity index (χ2n) is 8.17. The maximum absolute atomic E-state index is 12.8. The number of rotatable bonds is 12. The molecule has 0 unspecified atom stereocenters. The van der Waals surface area contributed by atoms with Gasteiger partial charge in [-0.15, -0.1) is 6.58 Å². The Morgan fingerprint density at radius 3 is 2.43 bits per heavy atom. The monoisotopic (exact) mass is 412 g/mol. The number of hydrogen-bond acceptors (Lipinski definition) is 4. The van der Waals surface area contributed by atoms with Crippen LogP contribution in [0.1, 0.15) is 77.6 Å². The molecule has 3 atom stereocenters. The van der Waals surface area contributed by atoms with Crippen molar-refractivity contribution in [2.75, 3.05) is 12.8 Å². The maximum Gasteiger partial charge on any atom is 0.241 e. The fourth-order valence-electron chi connectivity index (χ4n) is 4.73. The van der Waals surface area contributed by atoms with Crippen LogP contribution in [0, 0.1) is 5.92 Å². The molecule has 2 amide bonds. The van der Waals surface area contributed by atoms with E-state index < -0.39 is 10.0 Å². The van der Waals surface area contributed by atoms with Gasteiger partial charge in [0.1, 0.15) is 0 Å². The Bertz CT molecular complexity index is 661. The van der Waals surface area contributed by atoms with E-state index in [-0.39, 0.29) is 29.8 Å². The molecule has 160 valence electrons. The van der Waals surface area contributed by atoms with E-state index in [1.807, 2.05) is 13.0 Å². The molecule has 0 aromatic heterocycles. The SMILES string of the molecule is C=CCCCCCCCCC(=O)N1CC[C@H]2[C@H]1[C@@H](CCC)C(=O)N2S(C)(=O)=O. The quantitative estimate of drug-likeness (QED) is 0.363. The lowest BCUT2D eigenvalue weighted by atomic mass is 9.94. The third-order valence-corrected chi connectivity index (χ3v) is 7.16. The van der Waals surface area contributed by atoms with E-state index in [0.29, 0.717) is 25.8 Å². The van der Waals surface area contributed by atoms with Crippen molar-refractivity contribution in [3.8, 4) is 0 Å². The molecule has 2 aliphatic rings. The second-order valence-corrected chi connectivity index (χ2v) is 10.0. The molecule has 0 spiro atoms. The highest BCUT2D eigenvalue weighted by Gasteiger charge is 2.56. The summed E-state index contributed by atoms with van der Waals surface area (Å²) in [5, 5.41) is 0. The van der Waals surface area contributed by atoms with Gasteiger partial charge in [0, 0.05) is 13.0 Å². The molecule has 7 heteroatoms. The lowest BCUT2D eigenvalue weighted by molar-refractivity contribution is -0.134. The van der Waals surface area contributed by atoms with E-state index in [1.54, 1.807) is 4.90 Å². The molecular weight excluding hydrogens is 376 g/mol. The molecule has 28 heavy (non-hydrogen) atoms. The number of unbranched alkanes of at least 4 members (excludes halogenated alkanes) is 6. The number of hydrogen-bond donors (Lipinski definition) is 0. The molecule has 0 bridgehead atoms. The van der Waals surface area contributed by atoms with Crippen LogP contribution in [0.15, 0.2) is 12.7 Å². The van der Waals surface area contributed by atoms with E-state index >= 15 is 0 Å². The van der Waals surface area contributed by atoms with Gasteiger partial charge < -0.3 is 4.90 Å². The van der Waals surface area contributed by atoms with E-state index in [1.165, 1.54) is 19.3 Å². The van der Waals surface area contributed by atoms with Crippen LogP contribution in [0.5, 0.6) is 0 Å². The summed E-state index contributed by atoms with van der Waals surface area (Å²) in [5.74, 6) is -0.638. The largest absolute Gasteiger partial charge is 0.337 e. The van der Waals surface area contributed by atoms with Gasteiger partial charge >= 0.3 is 0 Å². The zero-order valence-electron chi connectivity index (χ0n) is 17.4. The van der Waals surface area contributed by atoms with Gasteiger partial charge in [-0.2, -0.15) is 0 Å². The van der Waals surface area contributed by atoms with E-state index in [4.69, 9.17) is 0 Å². The van der Waals surface area contributed by atoms with Crippen molar-refractivity contribution in [2.24, 2.45) is 5.92 Å². The summed E-state index contributed by atoms with van der Waals surface area (Å²) >= 11 is 0. The van der Waals surface area contributed by atoms with Gasteiger partial charge in [-0.25, -0.2) is 12.7 Å². The first-order valence-corrected chi connectivity index (χ1v) is 12.6. The zero-order chi connectivity index (χ0) is 20.7. The number of allylic oxidation sites excluding steroid dienone is 1. The summed E-state index contributed by atoms with van der Waals surface area (Å²) in [4.78, 5) is 27.3. The van der Waals surface area contributed by atoms with Crippen molar-refractivity contribution in [1.82, 2.24) is 9.21 Å². The fourth-order valence-corrected chi connectivity index (χ4v) is 5.92. The summed E-state index contributed by atoms with van der Waals surface area (Å²) in [6.45, 7) is 6.27. The van der Waals surface area contributed by atoms with E-state index in [0.717, 1.165) is 42.7 Å². The molecule has 0 aliphatic carbocycles. The van der Waals surface area contributed by atoms with Crippen molar-refractivity contribution in [1.29, 1.82) is 0 Å². The third-order valence-electron chi connectivity index (χ3n) is 5.99. The van der Waals surface area contributed by atoms with Crippen LogP contribution >= 0.6 is 0 Å². The number of carbonyl (C=O) groups is 2. The number of carbonyl (C=O) groups excluding carboxylic acids is 2. The van der Waals surface area contributed by atoms with Crippen LogP contribution in [0.2, 0.25) is 0 Å². The van der Waals surface area contributed by atoms with Crippen molar-refractivity contribution >= 4 is 21.8 Å². The maximum atomic E-state index is 12.8. The van der Waals surface area contributed by atoms with Crippen molar-refractivity contribution in [3.05, 3.63) is 12.7 Å². The highest BCUT2D eigenvalue weighted by Crippen LogP contribution is 2.40. The van der Waals surface area contributed by atoms with E-state index in [2.05, 4.69) is 6.58 Å². The third kappa shape index (κ3) is 5.37. The van der Waals surface area contributed by atoms with Crippen LogP contribution in [-0.2, 0) is 19.6 Å². The fraction of sp³-hybridized carbons (Fsp3) is 0.810. The van der Waals surface area contributed by atoms with Gasteiger partial charge in [0.25, 0.3) is 0 Å². The lowest BCUT2D eigenvalue weighted by Crippen LogP contribution is -2.43. The summed E-state index contributed by atoms with van der Waals surface area (Å²) < 4.78 is 25.4. The predicted molar refractivity (Wildman–Crippen MR) is 111 cm³/mol. The molecular formula is C21H36N2O4S. The minimum Gasteiger partial charge on any atom is -0.337 e. The standard InChI is InChI=1S/C21H36N2O4S/c1-4-6-7-8-9-10-11-12-14-19(24)22-16-15-18-20(22)17(13-5-2)21(25)23(18)28(3,26)27/h4,17-18,20H,1,5-16H2,2-3H3/t17-,18+,20-/m1/s1. The van der Waals surface area contributed by atoms with Crippen LogP contribution in [0.4, 0.5) is 0 Å². The number of fused-ring (bicyclic) bond motifs is 1. The normalized spacial score (nSPS) is 24.6. The molecule has 2 saturated heterocycles. The van der Waals surface area contributed by atoms with Crippen molar-refractivity contribution < 1.29 is 18.0 Å². The number of sulfonamides is 1. The lowest BCUT2D eigenvalue weighted by Gasteiger charge is -2.27. The highest BCUT2D eigenvalue weighted by molar-refractivity contribution is 7.88. The average molecular weight is 413 g/mol. The Balaban J connectivity index is 1.89. The first-order valence-electron chi connectivity index (χ1n) is 10.8. The van der Waals surface area contributed by atoms with Crippen LogP contribution in [-0.4, -0.2) is 54.3 Å². The molecule has 2 aliphatic heterocycles. The summed E-state index contributed by atoms with van der Waals surface area (Å²) in [5.41, 5.74) is 0. The molecule has 2 heterocycles. The Hall–Kier alpha value is -1.37. The first kappa shape index (κ1) is 22.9. The molecule has 6 nitrogen and oxygen atoms in total. The number of amides is 2. The Morgan fingerprint density at radius 1 is 1.18 bits per heavy atom. The second kappa shape index (κ2) is 10.4. The number of likely N-dealkylation sites (tertiary alicyclic amines) is 1. The molecule has 0 radical (unpaired) electrons. The van der Waals surface area contributed by atoms with Crippen LogP contribution in [0.3, 0.4) is 0 Å². The topological polar surface area (TPSA) is 74.8 Å². The minimum absolute atomic E-state index is 0.0726. The Morgan fingerprint density at radius 2 is 1.82 bits per heavy atom. The number of nitrogens with zero attached hydrogens (tertiary/aromatic N) is 2. The summed E-state index contributed by atoms with van der Waals surface area (Å²) in [7, 11) is -3.60. The highest BCUT2D eigenvalue weighted by atomic mass is 32.2. The first-order chi connectivity index (χ1) is 13.3. The van der Waals surface area contributed by atoms with Gasteiger partial charge in [-0.3, -0.25) is 9.59 Å². The summed E-state index contributed by atoms with van der Waals surface area (Å²) in [6.07, 6.45) is 13.2. The van der Waals surface area contributed by atoms with Gasteiger partial charge in [0.2, 0.25) is 21.8 Å². The van der Waals surface area contributed by atoms with Gasteiger partial charge in [0.05, 0.1) is 24.3 Å². The minimum atomic E-state index is -3.60. The Kier molecular flexibility index (Phi) is 8.53. The van der Waals surface area contributed by atoms with Crippen LogP contribution in [0.25, 0.3) is 0 Å². The van der Waals surface area contributed by atoms with Gasteiger partial charge in [0.15, 0.2) is 0 Å². The van der Waals surface area contributed by atoms with Crippen molar-refractivity contribution in [2.45, 2.75) is 89.6 Å². The molecule has 0 aromatic rings. The average Bonchev–Trinajstić information content (AvgIpc) is 3.15. The molecule has 0 aromatic carbocycles. The molecule has 0 N–H and O–H groups in total. The Labute approximate surface area is 170 Å². The smallest absolute Gasteiger partial charge is 0.241 e. The zero-order valence-corrected chi connectivity index (χ0v) is 18.3.